The number of carbonyl (C=O) groups excluding carboxylic acids is 1. The van der Waals surface area contributed by atoms with Crippen molar-refractivity contribution in [3.63, 3.8) is 0 Å². The number of hydrogen-bond donors (Lipinski definition) is 0. The number of para-hydroxylation sites is 1. The van der Waals surface area contributed by atoms with Crippen molar-refractivity contribution >= 4 is 22.7 Å². The van der Waals surface area contributed by atoms with Crippen molar-refractivity contribution in [3.05, 3.63) is 78.4 Å². The van der Waals surface area contributed by atoms with Crippen LogP contribution in [-0.2, 0) is 0 Å². The molecule has 1 aliphatic heterocycles. The molecule has 1 aliphatic carbocycles. The molecule has 0 bridgehead atoms. The molecule has 7 heteroatoms. The number of hydrogen-bond acceptors (Lipinski definition) is 6. The highest BCUT2D eigenvalue weighted by Gasteiger charge is 2.27. The van der Waals surface area contributed by atoms with Crippen LogP contribution in [0.3, 0.4) is 0 Å². The van der Waals surface area contributed by atoms with Crippen LogP contribution in [0.5, 0.6) is 0 Å². The lowest BCUT2D eigenvalue weighted by molar-refractivity contribution is 0.0409. The van der Waals surface area contributed by atoms with Crippen molar-refractivity contribution in [3.8, 4) is 11.1 Å². The lowest BCUT2D eigenvalue weighted by atomic mass is 9.86. The summed E-state index contributed by atoms with van der Waals surface area (Å²) in [5.74, 6) is 0.431. The molecule has 0 radical (unpaired) electrons. The van der Waals surface area contributed by atoms with Gasteiger partial charge in [-0.05, 0) is 84.3 Å². The molecule has 1 saturated carbocycles. The van der Waals surface area contributed by atoms with Gasteiger partial charge in [-0.1, -0.05) is 48.2 Å². The third-order valence-electron chi connectivity index (χ3n) is 7.99. The second-order valence-electron chi connectivity index (χ2n) is 10.4. The Kier molecular flexibility index (Phi) is 6.62. The first-order valence-electron chi connectivity index (χ1n) is 13.4. The monoisotopic (exact) mass is 495 g/mol. The van der Waals surface area contributed by atoms with E-state index in [1.807, 2.05) is 36.4 Å². The van der Waals surface area contributed by atoms with Gasteiger partial charge in [0, 0.05) is 37.9 Å². The fraction of sp³-hybridized carbons (Fsp3) is 0.367. The summed E-state index contributed by atoms with van der Waals surface area (Å²) in [5, 5.41) is 7.94. The van der Waals surface area contributed by atoms with Crippen LogP contribution in [0.25, 0.3) is 22.2 Å². The standard InChI is InChI=1S/C30H33N5O2/c1-22-6-14-26(15-7-22)33-18-20-34(21-19-33)27-16-12-24(13-17-27)23-8-10-25(11-9-23)30(36)37-35-29-5-3-2-4-28(29)31-32-35/h2-5,8-13,16-17,22,26H,6-7,14-15,18-21H2,1H3. The van der Waals surface area contributed by atoms with Crippen LogP contribution in [0.2, 0.25) is 0 Å². The number of rotatable bonds is 5. The molecule has 2 aliphatic rings. The van der Waals surface area contributed by atoms with Gasteiger partial charge in [-0.2, -0.15) is 0 Å². The number of nitrogens with zero attached hydrogens (tertiary/aromatic N) is 5. The van der Waals surface area contributed by atoms with E-state index in [2.05, 4.69) is 51.3 Å². The summed E-state index contributed by atoms with van der Waals surface area (Å²) < 4.78 is 0. The number of anilines is 1. The van der Waals surface area contributed by atoms with Gasteiger partial charge in [0.25, 0.3) is 0 Å². The Bertz CT molecular complexity index is 1350. The van der Waals surface area contributed by atoms with E-state index >= 15 is 0 Å². The summed E-state index contributed by atoms with van der Waals surface area (Å²) in [6.45, 7) is 6.88. The molecule has 3 aromatic carbocycles. The minimum atomic E-state index is -0.473. The van der Waals surface area contributed by atoms with Gasteiger partial charge in [-0.15, -0.1) is 5.10 Å². The Morgan fingerprint density at radius 2 is 1.46 bits per heavy atom. The fourth-order valence-electron chi connectivity index (χ4n) is 5.66. The normalized spacial score (nSPS) is 20.7. The highest BCUT2D eigenvalue weighted by atomic mass is 16.7. The summed E-state index contributed by atoms with van der Waals surface area (Å²) in [4.78, 5) is 24.5. The maximum Gasteiger partial charge on any atom is 0.365 e. The van der Waals surface area contributed by atoms with Gasteiger partial charge in [0.05, 0.1) is 5.56 Å². The lowest BCUT2D eigenvalue weighted by Crippen LogP contribution is -2.51. The topological polar surface area (TPSA) is 63.5 Å². The Balaban J connectivity index is 1.06. The molecule has 1 aromatic heterocycles. The molecule has 0 amide bonds. The minimum absolute atomic E-state index is 0.463. The van der Waals surface area contributed by atoms with Crippen molar-refractivity contribution in [2.45, 2.75) is 38.6 Å². The first-order chi connectivity index (χ1) is 18.1. The van der Waals surface area contributed by atoms with E-state index in [9.17, 15) is 4.79 Å². The molecule has 2 heterocycles. The highest BCUT2D eigenvalue weighted by Crippen LogP contribution is 2.29. The first-order valence-corrected chi connectivity index (χ1v) is 13.4. The SMILES string of the molecule is CC1CCC(N2CCN(c3ccc(-c4ccc(C(=O)On5nnc6ccccc65)cc4)cc3)CC2)CC1. The van der Waals surface area contributed by atoms with E-state index in [-0.39, 0.29) is 0 Å². The largest absolute Gasteiger partial charge is 0.369 e. The zero-order valence-electron chi connectivity index (χ0n) is 21.3. The van der Waals surface area contributed by atoms with Crippen LogP contribution in [0.1, 0.15) is 43.0 Å². The average Bonchev–Trinajstić information content (AvgIpc) is 3.36. The Morgan fingerprint density at radius 1 is 0.811 bits per heavy atom. The molecule has 4 aromatic rings. The summed E-state index contributed by atoms with van der Waals surface area (Å²) in [6.07, 6.45) is 5.49. The summed E-state index contributed by atoms with van der Waals surface area (Å²) >= 11 is 0. The van der Waals surface area contributed by atoms with Gasteiger partial charge in [0.1, 0.15) is 11.0 Å². The zero-order valence-corrected chi connectivity index (χ0v) is 21.3. The zero-order chi connectivity index (χ0) is 25.2. The molecule has 1 saturated heterocycles. The second kappa shape index (κ2) is 10.3. The Hall–Kier alpha value is -3.71. The smallest absolute Gasteiger partial charge is 0.365 e. The van der Waals surface area contributed by atoms with Crippen LogP contribution >= 0.6 is 0 Å². The van der Waals surface area contributed by atoms with E-state index in [0.29, 0.717) is 16.6 Å². The maximum absolute atomic E-state index is 12.6. The van der Waals surface area contributed by atoms with Gasteiger partial charge in [0.15, 0.2) is 0 Å². The van der Waals surface area contributed by atoms with E-state index in [1.54, 1.807) is 12.1 Å². The van der Waals surface area contributed by atoms with E-state index in [1.165, 1.54) is 36.2 Å². The molecule has 2 fully saturated rings. The van der Waals surface area contributed by atoms with Crippen molar-refractivity contribution in [1.29, 1.82) is 0 Å². The molecule has 0 N–H and O–H groups in total. The Labute approximate surface area is 217 Å². The summed E-state index contributed by atoms with van der Waals surface area (Å²) in [7, 11) is 0. The van der Waals surface area contributed by atoms with Gasteiger partial charge in [-0.25, -0.2) is 4.79 Å². The predicted octanol–water partition coefficient (Wildman–Crippen LogP) is 5.07. The second-order valence-corrected chi connectivity index (χ2v) is 10.4. The number of benzene rings is 3. The molecule has 190 valence electrons. The first kappa shape index (κ1) is 23.7. The van der Waals surface area contributed by atoms with E-state index in [0.717, 1.165) is 49.3 Å². The molecule has 6 rings (SSSR count). The van der Waals surface area contributed by atoms with Gasteiger partial charge in [-0.3, -0.25) is 4.90 Å². The number of fused-ring (bicyclic) bond motifs is 1. The summed E-state index contributed by atoms with van der Waals surface area (Å²) in [5.41, 5.74) is 5.25. The fourth-order valence-corrected chi connectivity index (χ4v) is 5.66. The van der Waals surface area contributed by atoms with Crippen molar-refractivity contribution in [1.82, 2.24) is 20.1 Å². The molecule has 7 nitrogen and oxygen atoms in total. The maximum atomic E-state index is 12.6. The van der Waals surface area contributed by atoms with Crippen molar-refractivity contribution in [2.24, 2.45) is 5.92 Å². The molecule has 0 unspecified atom stereocenters. The predicted molar refractivity (Wildman–Crippen MR) is 146 cm³/mol. The molecular weight excluding hydrogens is 462 g/mol. The van der Waals surface area contributed by atoms with Crippen LogP contribution in [-0.4, -0.2) is 58.2 Å². The minimum Gasteiger partial charge on any atom is -0.369 e. The van der Waals surface area contributed by atoms with Crippen molar-refractivity contribution in [2.75, 3.05) is 31.1 Å². The van der Waals surface area contributed by atoms with Crippen LogP contribution in [0.15, 0.2) is 72.8 Å². The van der Waals surface area contributed by atoms with Crippen molar-refractivity contribution < 1.29 is 9.63 Å². The third-order valence-corrected chi connectivity index (χ3v) is 7.99. The highest BCUT2D eigenvalue weighted by molar-refractivity contribution is 5.90. The van der Waals surface area contributed by atoms with Crippen LogP contribution in [0.4, 0.5) is 5.69 Å². The molecule has 0 spiro atoms. The van der Waals surface area contributed by atoms with Crippen LogP contribution in [0, 0.1) is 5.92 Å². The van der Waals surface area contributed by atoms with E-state index in [4.69, 9.17) is 4.84 Å². The molecular formula is C30H33N5O2. The van der Waals surface area contributed by atoms with Crippen LogP contribution < -0.4 is 9.74 Å². The summed E-state index contributed by atoms with van der Waals surface area (Å²) in [6, 6.07) is 24.4. The third kappa shape index (κ3) is 5.09. The van der Waals surface area contributed by atoms with Gasteiger partial charge >= 0.3 is 5.97 Å². The lowest BCUT2D eigenvalue weighted by Gasteiger charge is -2.42. The molecule has 37 heavy (non-hydrogen) atoms. The number of piperazine rings is 1. The van der Waals surface area contributed by atoms with Gasteiger partial charge < -0.3 is 9.74 Å². The number of carbonyl (C=O) groups is 1. The van der Waals surface area contributed by atoms with Gasteiger partial charge in [0.2, 0.25) is 0 Å². The number of aromatic nitrogens is 3. The quantitative estimate of drug-likeness (QED) is 0.360. The average molecular weight is 496 g/mol. The Morgan fingerprint density at radius 3 is 2.16 bits per heavy atom. The molecule has 0 atom stereocenters. The van der Waals surface area contributed by atoms with E-state index < -0.39 is 5.97 Å².